The number of carbonyl (C=O) groups is 2. The highest BCUT2D eigenvalue weighted by molar-refractivity contribution is 7.09. The second-order valence-electron chi connectivity index (χ2n) is 6.55. The zero-order valence-electron chi connectivity index (χ0n) is 17.0. The number of aromatic nitrogens is 2. The van der Waals surface area contributed by atoms with E-state index in [0.29, 0.717) is 30.3 Å². The van der Waals surface area contributed by atoms with Crippen molar-refractivity contribution in [2.24, 2.45) is 0 Å². The van der Waals surface area contributed by atoms with Crippen LogP contribution in [0.2, 0.25) is 0 Å². The van der Waals surface area contributed by atoms with Crippen molar-refractivity contribution in [3.8, 4) is 5.75 Å². The minimum Gasteiger partial charge on any atom is -0.495 e. The quantitative estimate of drug-likeness (QED) is 0.519. The fourth-order valence-electron chi connectivity index (χ4n) is 2.92. The van der Waals surface area contributed by atoms with Gasteiger partial charge in [-0.1, -0.05) is 25.1 Å². The van der Waals surface area contributed by atoms with Crippen molar-refractivity contribution in [2.45, 2.75) is 13.5 Å². The lowest BCUT2D eigenvalue weighted by Crippen LogP contribution is -2.39. The van der Waals surface area contributed by atoms with Crippen LogP contribution in [0.5, 0.6) is 5.75 Å². The second kappa shape index (κ2) is 10.6. The maximum atomic E-state index is 12.5. The number of amides is 2. The molecule has 3 aromatic rings. The van der Waals surface area contributed by atoms with Gasteiger partial charge in [0.05, 0.1) is 38.6 Å². The number of likely N-dealkylation sites (N-methyl/N-ethyl adjacent to an activating group) is 1. The Bertz CT molecular complexity index is 971. The summed E-state index contributed by atoms with van der Waals surface area (Å²) in [6.45, 7) is 3.25. The van der Waals surface area contributed by atoms with E-state index in [1.807, 2.05) is 36.6 Å². The molecule has 1 aromatic carbocycles. The number of ether oxygens (including phenoxy) is 1. The summed E-state index contributed by atoms with van der Waals surface area (Å²) in [5.74, 6) is 0.806. The Morgan fingerprint density at radius 2 is 1.87 bits per heavy atom. The Morgan fingerprint density at radius 3 is 2.57 bits per heavy atom. The highest BCUT2D eigenvalue weighted by Gasteiger charge is 2.16. The van der Waals surface area contributed by atoms with Crippen LogP contribution in [0.3, 0.4) is 0 Å². The number of para-hydroxylation sites is 2. The predicted octanol–water partition coefficient (Wildman–Crippen LogP) is 2.90. The lowest BCUT2D eigenvalue weighted by Gasteiger charge is -2.20. The Kier molecular flexibility index (Phi) is 7.58. The number of nitrogens with one attached hydrogen (secondary N) is 2. The smallest absolute Gasteiger partial charge is 0.239 e. The maximum absolute atomic E-state index is 12.5. The number of thiophene rings is 1. The van der Waals surface area contributed by atoms with Gasteiger partial charge in [-0.2, -0.15) is 5.10 Å². The van der Waals surface area contributed by atoms with Crippen molar-refractivity contribution in [3.63, 3.8) is 0 Å². The van der Waals surface area contributed by atoms with Crippen LogP contribution in [-0.4, -0.2) is 53.2 Å². The molecule has 0 spiro atoms. The Morgan fingerprint density at radius 1 is 1.10 bits per heavy atom. The monoisotopic (exact) mass is 427 g/mol. The molecule has 2 aromatic heterocycles. The van der Waals surface area contributed by atoms with E-state index in [-0.39, 0.29) is 24.9 Å². The summed E-state index contributed by atoms with van der Waals surface area (Å²) in [5, 5.41) is 12.0. The van der Waals surface area contributed by atoms with Gasteiger partial charge in [0, 0.05) is 10.9 Å². The van der Waals surface area contributed by atoms with Gasteiger partial charge in [-0.05, 0) is 30.1 Å². The van der Waals surface area contributed by atoms with Crippen LogP contribution in [-0.2, 0) is 16.1 Å². The van der Waals surface area contributed by atoms with E-state index < -0.39 is 0 Å². The van der Waals surface area contributed by atoms with Crippen LogP contribution in [0.1, 0.15) is 11.8 Å². The summed E-state index contributed by atoms with van der Waals surface area (Å²) in [4.78, 5) is 27.9. The summed E-state index contributed by atoms with van der Waals surface area (Å²) in [6.07, 6.45) is 1.65. The van der Waals surface area contributed by atoms with Gasteiger partial charge in [0.1, 0.15) is 11.6 Å². The summed E-state index contributed by atoms with van der Waals surface area (Å²) in [6, 6.07) is 13.0. The van der Waals surface area contributed by atoms with E-state index >= 15 is 0 Å². The van der Waals surface area contributed by atoms with Gasteiger partial charge in [0.2, 0.25) is 11.8 Å². The first-order valence-electron chi connectivity index (χ1n) is 9.58. The van der Waals surface area contributed by atoms with Crippen LogP contribution in [0.25, 0.3) is 0 Å². The number of nitrogens with zero attached hydrogens (tertiary/aromatic N) is 3. The highest BCUT2D eigenvalue weighted by Crippen LogP contribution is 2.22. The van der Waals surface area contributed by atoms with E-state index in [1.165, 1.54) is 0 Å². The first kappa shape index (κ1) is 21.5. The van der Waals surface area contributed by atoms with Crippen molar-refractivity contribution < 1.29 is 14.3 Å². The zero-order valence-corrected chi connectivity index (χ0v) is 17.8. The minimum absolute atomic E-state index is 0.0937. The molecule has 0 aliphatic heterocycles. The largest absolute Gasteiger partial charge is 0.495 e. The van der Waals surface area contributed by atoms with Crippen LogP contribution in [0.15, 0.2) is 54.0 Å². The lowest BCUT2D eigenvalue weighted by atomic mass is 10.3. The van der Waals surface area contributed by atoms with Crippen molar-refractivity contribution in [3.05, 3.63) is 58.9 Å². The molecule has 0 atom stereocenters. The summed E-state index contributed by atoms with van der Waals surface area (Å²) in [5.41, 5.74) is 0.600. The molecular formula is C21H25N5O3S. The lowest BCUT2D eigenvalue weighted by molar-refractivity contribution is -0.119. The van der Waals surface area contributed by atoms with Crippen LogP contribution in [0.4, 0.5) is 11.5 Å². The molecule has 0 aliphatic carbocycles. The molecule has 3 rings (SSSR count). The van der Waals surface area contributed by atoms with Gasteiger partial charge in [-0.15, -0.1) is 11.3 Å². The molecular weight excluding hydrogens is 402 g/mol. The van der Waals surface area contributed by atoms with E-state index in [9.17, 15) is 9.59 Å². The zero-order chi connectivity index (χ0) is 21.3. The topological polar surface area (TPSA) is 88.5 Å². The van der Waals surface area contributed by atoms with Crippen LogP contribution in [0, 0.1) is 0 Å². The number of carbonyl (C=O) groups excluding carboxylic acids is 2. The standard InChI is InChI=1S/C21H25N5O3S/c1-3-25(14-20(27)23-17-8-4-5-9-18(17)29-2)15-21(28)24-19-10-11-22-26(19)13-16-7-6-12-30-16/h4-12H,3,13-15H2,1-2H3,(H,23,27)(H,24,28). The van der Waals surface area contributed by atoms with E-state index in [0.717, 1.165) is 4.88 Å². The molecule has 0 unspecified atom stereocenters. The van der Waals surface area contributed by atoms with Gasteiger partial charge in [0.25, 0.3) is 0 Å². The first-order chi connectivity index (χ1) is 14.6. The average Bonchev–Trinajstić information content (AvgIpc) is 3.40. The molecule has 2 amide bonds. The van der Waals surface area contributed by atoms with E-state index in [1.54, 1.807) is 52.4 Å². The van der Waals surface area contributed by atoms with Gasteiger partial charge in [0.15, 0.2) is 0 Å². The van der Waals surface area contributed by atoms with Gasteiger partial charge < -0.3 is 15.4 Å². The highest BCUT2D eigenvalue weighted by atomic mass is 32.1. The molecule has 2 N–H and O–H groups in total. The van der Waals surface area contributed by atoms with Crippen molar-refractivity contribution in [2.75, 3.05) is 37.4 Å². The number of benzene rings is 1. The van der Waals surface area contributed by atoms with Crippen molar-refractivity contribution in [1.82, 2.24) is 14.7 Å². The first-order valence-corrected chi connectivity index (χ1v) is 10.5. The van der Waals surface area contributed by atoms with Crippen molar-refractivity contribution in [1.29, 1.82) is 0 Å². The Hall–Kier alpha value is -3.17. The second-order valence-corrected chi connectivity index (χ2v) is 7.59. The molecule has 2 heterocycles. The Balaban J connectivity index is 1.53. The van der Waals surface area contributed by atoms with Gasteiger partial charge in [-0.3, -0.25) is 14.5 Å². The fourth-order valence-corrected chi connectivity index (χ4v) is 3.61. The van der Waals surface area contributed by atoms with Crippen LogP contribution >= 0.6 is 11.3 Å². The third kappa shape index (κ3) is 5.91. The molecule has 0 saturated heterocycles. The number of anilines is 2. The van der Waals surface area contributed by atoms with E-state index in [4.69, 9.17) is 4.74 Å². The molecule has 30 heavy (non-hydrogen) atoms. The fraction of sp³-hybridized carbons (Fsp3) is 0.286. The molecule has 0 saturated carbocycles. The number of methoxy groups -OCH3 is 1. The summed E-state index contributed by atoms with van der Waals surface area (Å²) in [7, 11) is 1.55. The molecule has 0 bridgehead atoms. The summed E-state index contributed by atoms with van der Waals surface area (Å²) < 4.78 is 6.99. The van der Waals surface area contributed by atoms with Crippen LogP contribution < -0.4 is 15.4 Å². The van der Waals surface area contributed by atoms with Gasteiger partial charge >= 0.3 is 0 Å². The number of hydrogen-bond donors (Lipinski definition) is 2. The molecule has 9 heteroatoms. The Labute approximate surface area is 179 Å². The van der Waals surface area contributed by atoms with Crippen molar-refractivity contribution >= 4 is 34.7 Å². The SMILES string of the molecule is CCN(CC(=O)Nc1ccccc1OC)CC(=O)Nc1ccnn1Cc1cccs1. The minimum atomic E-state index is -0.211. The normalized spacial score (nSPS) is 10.8. The predicted molar refractivity (Wildman–Crippen MR) is 118 cm³/mol. The average molecular weight is 428 g/mol. The van der Waals surface area contributed by atoms with Gasteiger partial charge in [-0.25, -0.2) is 4.68 Å². The molecule has 0 fully saturated rings. The molecule has 8 nitrogen and oxygen atoms in total. The maximum Gasteiger partial charge on any atom is 0.239 e. The molecule has 0 radical (unpaired) electrons. The number of rotatable bonds is 10. The summed E-state index contributed by atoms with van der Waals surface area (Å²) >= 11 is 1.64. The number of hydrogen-bond acceptors (Lipinski definition) is 6. The third-order valence-electron chi connectivity index (χ3n) is 4.43. The molecule has 158 valence electrons. The molecule has 0 aliphatic rings. The van der Waals surface area contributed by atoms with E-state index in [2.05, 4.69) is 15.7 Å². The third-order valence-corrected chi connectivity index (χ3v) is 5.29.